The first kappa shape index (κ1) is 18.5. The van der Waals surface area contributed by atoms with Gasteiger partial charge in [0.25, 0.3) is 5.91 Å². The van der Waals surface area contributed by atoms with Gasteiger partial charge in [0.05, 0.1) is 0 Å². The number of nitrogens with two attached hydrogens (primary N) is 1. The molecule has 0 aliphatic carbocycles. The molecule has 0 saturated carbocycles. The summed E-state index contributed by atoms with van der Waals surface area (Å²) in [6.45, 7) is 6.99. The van der Waals surface area contributed by atoms with Crippen LogP contribution in [0.4, 0.5) is 0 Å². The van der Waals surface area contributed by atoms with Gasteiger partial charge in [-0.1, -0.05) is 19.1 Å². The van der Waals surface area contributed by atoms with Crippen molar-refractivity contribution in [2.75, 3.05) is 13.1 Å². The molecule has 26 heavy (non-hydrogen) atoms. The number of hydrogen-bond donors (Lipinski definition) is 2. The Bertz CT molecular complexity index is 731. The molecule has 7 nitrogen and oxygen atoms in total. The number of benzene rings is 1. The van der Waals surface area contributed by atoms with Crippen molar-refractivity contribution in [2.24, 2.45) is 5.73 Å². The molecule has 0 aromatic heterocycles. The number of nitrogens with zero attached hydrogens (tertiary/aromatic N) is 2. The molecule has 1 aromatic carbocycles. The normalized spacial score (nSPS) is 21.2. The van der Waals surface area contributed by atoms with E-state index in [9.17, 15) is 14.4 Å². The van der Waals surface area contributed by atoms with Gasteiger partial charge >= 0.3 is 0 Å². The number of piperidine rings is 1. The van der Waals surface area contributed by atoms with E-state index in [1.807, 2.05) is 25.1 Å². The Morgan fingerprint density at radius 1 is 1.35 bits per heavy atom. The van der Waals surface area contributed by atoms with Crippen LogP contribution in [0, 0.1) is 0 Å². The number of hydrogen-bond acceptors (Lipinski definition) is 5. The molecule has 2 heterocycles. The Hall–Kier alpha value is -2.25. The third-order valence-corrected chi connectivity index (χ3v) is 4.99. The van der Waals surface area contributed by atoms with Gasteiger partial charge in [0.15, 0.2) is 0 Å². The number of carbonyl (C=O) groups excluding carboxylic acids is 3. The minimum atomic E-state index is -0.568. The number of rotatable bonds is 6. The summed E-state index contributed by atoms with van der Waals surface area (Å²) in [6.07, 6.45) is 0.653. The van der Waals surface area contributed by atoms with Crippen molar-refractivity contribution < 1.29 is 14.4 Å². The van der Waals surface area contributed by atoms with E-state index in [1.165, 1.54) is 0 Å². The highest BCUT2D eigenvalue weighted by molar-refractivity contribution is 6.05. The highest BCUT2D eigenvalue weighted by atomic mass is 16.2. The molecule has 2 unspecified atom stereocenters. The summed E-state index contributed by atoms with van der Waals surface area (Å²) in [7, 11) is 0. The molecule has 0 radical (unpaired) electrons. The predicted octanol–water partition coefficient (Wildman–Crippen LogP) is 0.617. The molecule has 1 saturated heterocycles. The van der Waals surface area contributed by atoms with Gasteiger partial charge < -0.3 is 10.6 Å². The van der Waals surface area contributed by atoms with Gasteiger partial charge in [0.1, 0.15) is 6.04 Å². The minimum Gasteiger partial charge on any atom is -0.327 e. The summed E-state index contributed by atoms with van der Waals surface area (Å²) in [5.41, 5.74) is 8.61. The number of fused-ring (bicyclic) bond motifs is 1. The van der Waals surface area contributed by atoms with Crippen LogP contribution in [0.25, 0.3) is 0 Å². The highest BCUT2D eigenvalue weighted by Gasteiger charge is 2.39. The van der Waals surface area contributed by atoms with Crippen LogP contribution in [0.5, 0.6) is 0 Å². The van der Waals surface area contributed by atoms with Crippen molar-refractivity contribution >= 4 is 17.7 Å². The van der Waals surface area contributed by atoms with Crippen LogP contribution < -0.4 is 11.1 Å². The van der Waals surface area contributed by atoms with Crippen LogP contribution in [0.2, 0.25) is 0 Å². The van der Waals surface area contributed by atoms with Crippen LogP contribution in [0.1, 0.15) is 48.2 Å². The van der Waals surface area contributed by atoms with Crippen molar-refractivity contribution in [3.05, 3.63) is 34.9 Å². The van der Waals surface area contributed by atoms with Gasteiger partial charge in [-0.15, -0.1) is 0 Å². The zero-order valence-corrected chi connectivity index (χ0v) is 15.3. The van der Waals surface area contributed by atoms with E-state index >= 15 is 0 Å². The molecule has 140 valence electrons. The maximum Gasteiger partial charge on any atom is 0.255 e. The van der Waals surface area contributed by atoms with Crippen molar-refractivity contribution in [3.63, 3.8) is 0 Å². The lowest BCUT2D eigenvalue weighted by Crippen LogP contribution is -2.52. The van der Waals surface area contributed by atoms with Crippen molar-refractivity contribution in [3.8, 4) is 0 Å². The van der Waals surface area contributed by atoms with E-state index in [1.54, 1.807) is 4.90 Å². The summed E-state index contributed by atoms with van der Waals surface area (Å²) in [5.74, 6) is -0.785. The molecular weight excluding hydrogens is 332 g/mol. The maximum absolute atomic E-state index is 12.7. The fourth-order valence-corrected chi connectivity index (χ4v) is 3.70. The fraction of sp³-hybridized carbons (Fsp3) is 0.526. The first-order valence-corrected chi connectivity index (χ1v) is 9.13. The summed E-state index contributed by atoms with van der Waals surface area (Å²) < 4.78 is 0. The lowest BCUT2D eigenvalue weighted by Gasteiger charge is -2.29. The number of amides is 3. The van der Waals surface area contributed by atoms with E-state index in [-0.39, 0.29) is 30.2 Å². The largest absolute Gasteiger partial charge is 0.327 e. The standard InChI is InChI=1S/C19H26N4O3/c1-3-22(9-12(2)20)10-13-4-5-15-14(8-13)11-23(19(15)26)16-6-7-17(24)21-18(16)25/h4-5,8,12,16H,3,6-7,9-11,20H2,1-2H3,(H,21,24,25). The zero-order chi connectivity index (χ0) is 18.8. The molecule has 2 atom stereocenters. The molecule has 2 aliphatic heterocycles. The third-order valence-electron chi connectivity index (χ3n) is 4.99. The molecule has 3 rings (SSSR count). The van der Waals surface area contributed by atoms with E-state index in [4.69, 9.17) is 5.73 Å². The Kier molecular flexibility index (Phi) is 5.38. The summed E-state index contributed by atoms with van der Waals surface area (Å²) >= 11 is 0. The van der Waals surface area contributed by atoms with Crippen LogP contribution in [-0.4, -0.2) is 52.7 Å². The lowest BCUT2D eigenvalue weighted by atomic mass is 10.0. The third kappa shape index (κ3) is 3.78. The van der Waals surface area contributed by atoms with Gasteiger partial charge in [-0.2, -0.15) is 0 Å². The number of nitrogens with one attached hydrogen (secondary N) is 1. The van der Waals surface area contributed by atoms with E-state index in [0.29, 0.717) is 18.5 Å². The van der Waals surface area contributed by atoms with E-state index < -0.39 is 6.04 Å². The number of likely N-dealkylation sites (N-methyl/N-ethyl adjacent to an activating group) is 1. The van der Waals surface area contributed by atoms with Crippen LogP contribution >= 0.6 is 0 Å². The van der Waals surface area contributed by atoms with Gasteiger partial charge in [-0.25, -0.2) is 0 Å². The monoisotopic (exact) mass is 358 g/mol. The molecule has 0 spiro atoms. The van der Waals surface area contributed by atoms with Crippen LogP contribution in [0.15, 0.2) is 18.2 Å². The molecular formula is C19H26N4O3. The van der Waals surface area contributed by atoms with Gasteiger partial charge in [0.2, 0.25) is 11.8 Å². The van der Waals surface area contributed by atoms with Crippen molar-refractivity contribution in [1.82, 2.24) is 15.1 Å². The second-order valence-electron chi connectivity index (χ2n) is 7.20. The topological polar surface area (TPSA) is 95.7 Å². The van der Waals surface area contributed by atoms with Gasteiger partial charge in [0, 0.05) is 37.7 Å². The SMILES string of the molecule is CCN(Cc1ccc2c(c1)CN(C1CCC(=O)NC1=O)C2=O)CC(C)N. The van der Waals surface area contributed by atoms with Crippen molar-refractivity contribution in [1.29, 1.82) is 0 Å². The molecule has 3 N–H and O–H groups in total. The summed E-state index contributed by atoms with van der Waals surface area (Å²) in [4.78, 5) is 40.0. The minimum absolute atomic E-state index is 0.106. The lowest BCUT2D eigenvalue weighted by molar-refractivity contribution is -0.136. The molecule has 2 aliphatic rings. The molecule has 1 fully saturated rings. The predicted molar refractivity (Wildman–Crippen MR) is 97.1 cm³/mol. The Labute approximate surface area is 153 Å². The average molecular weight is 358 g/mol. The smallest absolute Gasteiger partial charge is 0.255 e. The van der Waals surface area contributed by atoms with Crippen LogP contribution in [0.3, 0.4) is 0 Å². The van der Waals surface area contributed by atoms with Gasteiger partial charge in [-0.3, -0.25) is 24.6 Å². The Balaban J connectivity index is 1.74. The summed E-state index contributed by atoms with van der Waals surface area (Å²) in [5, 5.41) is 2.33. The first-order chi connectivity index (χ1) is 12.4. The Morgan fingerprint density at radius 3 is 2.77 bits per heavy atom. The molecule has 0 bridgehead atoms. The molecule has 7 heteroatoms. The van der Waals surface area contributed by atoms with Crippen molar-refractivity contribution in [2.45, 2.75) is 51.9 Å². The summed E-state index contributed by atoms with van der Waals surface area (Å²) in [6, 6.07) is 5.39. The zero-order valence-electron chi connectivity index (χ0n) is 15.3. The Morgan fingerprint density at radius 2 is 2.12 bits per heavy atom. The number of imide groups is 1. The highest BCUT2D eigenvalue weighted by Crippen LogP contribution is 2.28. The number of carbonyl (C=O) groups is 3. The molecule has 3 amide bonds. The molecule has 1 aromatic rings. The average Bonchev–Trinajstić information content (AvgIpc) is 2.90. The first-order valence-electron chi connectivity index (χ1n) is 9.13. The van der Waals surface area contributed by atoms with E-state index in [2.05, 4.69) is 17.1 Å². The van der Waals surface area contributed by atoms with E-state index in [0.717, 1.165) is 30.8 Å². The second kappa shape index (κ2) is 7.55. The fourth-order valence-electron chi connectivity index (χ4n) is 3.70. The second-order valence-corrected chi connectivity index (χ2v) is 7.20. The maximum atomic E-state index is 12.7. The van der Waals surface area contributed by atoms with Crippen LogP contribution in [-0.2, 0) is 22.7 Å². The quantitative estimate of drug-likeness (QED) is 0.727. The van der Waals surface area contributed by atoms with Gasteiger partial charge in [-0.05, 0) is 37.1 Å².